The van der Waals surface area contributed by atoms with E-state index in [1.165, 1.54) is 0 Å². The van der Waals surface area contributed by atoms with Gasteiger partial charge in [0.1, 0.15) is 5.60 Å². The van der Waals surface area contributed by atoms with Crippen molar-refractivity contribution in [1.82, 2.24) is 4.90 Å². The predicted octanol–water partition coefficient (Wildman–Crippen LogP) is 2.90. The number of hydrogen-bond donors (Lipinski definition) is 1. The molecule has 4 heteroatoms. The number of likely N-dealkylation sites (tertiary alicyclic amines) is 1. The topological polar surface area (TPSA) is 49.8 Å². The molecule has 1 aliphatic heterocycles. The molecule has 0 aromatic rings. The van der Waals surface area contributed by atoms with Crippen molar-refractivity contribution in [2.24, 2.45) is 17.3 Å². The Morgan fingerprint density at radius 1 is 1.47 bits per heavy atom. The number of rotatable bonds is 2. The molecule has 0 aromatic carbocycles. The summed E-state index contributed by atoms with van der Waals surface area (Å²) in [5.41, 5.74) is -0.547. The molecule has 1 heterocycles. The molecule has 1 aliphatic rings. The Kier molecular flexibility index (Phi) is 4.88. The summed E-state index contributed by atoms with van der Waals surface area (Å²) in [6.07, 6.45) is 0.587. The van der Waals surface area contributed by atoms with Gasteiger partial charge in [0.15, 0.2) is 0 Å². The third-order valence-corrected chi connectivity index (χ3v) is 4.08. The molecule has 2 unspecified atom stereocenters. The Hall–Kier alpha value is -0.770. The lowest BCUT2D eigenvalue weighted by atomic mass is 9.67. The largest absolute Gasteiger partial charge is 0.444 e. The summed E-state index contributed by atoms with van der Waals surface area (Å²) in [4.78, 5) is 13.9. The van der Waals surface area contributed by atoms with Crippen LogP contribution in [0.3, 0.4) is 0 Å². The highest BCUT2D eigenvalue weighted by Gasteiger charge is 2.42. The van der Waals surface area contributed by atoms with E-state index in [9.17, 15) is 9.90 Å². The van der Waals surface area contributed by atoms with Crippen LogP contribution < -0.4 is 0 Å². The number of piperidine rings is 1. The summed E-state index contributed by atoms with van der Waals surface area (Å²) in [6.45, 7) is 13.6. The maximum absolute atomic E-state index is 12.1. The molecule has 0 spiro atoms. The highest BCUT2D eigenvalue weighted by molar-refractivity contribution is 5.68. The zero-order valence-electron chi connectivity index (χ0n) is 13.2. The van der Waals surface area contributed by atoms with Crippen molar-refractivity contribution in [1.29, 1.82) is 0 Å². The van der Waals surface area contributed by atoms with Gasteiger partial charge in [-0.25, -0.2) is 4.79 Å². The van der Waals surface area contributed by atoms with Crippen LogP contribution >= 0.6 is 0 Å². The van der Waals surface area contributed by atoms with Crippen LogP contribution in [0.4, 0.5) is 4.79 Å². The number of nitrogens with zero attached hydrogens (tertiary/aromatic N) is 1. The molecular formula is C15H29NO3. The van der Waals surface area contributed by atoms with E-state index in [1.54, 1.807) is 4.90 Å². The van der Waals surface area contributed by atoms with E-state index in [0.717, 1.165) is 6.42 Å². The van der Waals surface area contributed by atoms with E-state index >= 15 is 0 Å². The second-order valence-electron chi connectivity index (χ2n) is 7.34. The Morgan fingerprint density at radius 2 is 2.05 bits per heavy atom. The molecule has 0 saturated carbocycles. The van der Waals surface area contributed by atoms with Gasteiger partial charge in [-0.1, -0.05) is 20.8 Å². The molecule has 2 atom stereocenters. The highest BCUT2D eigenvalue weighted by atomic mass is 16.6. The molecule has 0 bridgehead atoms. The molecule has 0 aliphatic carbocycles. The molecule has 0 aromatic heterocycles. The summed E-state index contributed by atoms with van der Waals surface area (Å²) in [5, 5.41) is 9.65. The van der Waals surface area contributed by atoms with Gasteiger partial charge in [-0.05, 0) is 44.4 Å². The summed E-state index contributed by atoms with van der Waals surface area (Å²) in [5.74, 6) is 0.737. The standard InChI is InChI=1S/C15H29NO3/c1-11(2)12-9-16(8-7-15(12,6)10-17)13(18)19-14(3,4)5/h11-12,17H,7-10H2,1-6H3. The summed E-state index contributed by atoms with van der Waals surface area (Å²) in [6, 6.07) is 0. The zero-order valence-corrected chi connectivity index (χ0v) is 13.2. The molecule has 4 nitrogen and oxygen atoms in total. The minimum atomic E-state index is -0.456. The third kappa shape index (κ3) is 4.10. The summed E-state index contributed by atoms with van der Waals surface area (Å²) >= 11 is 0. The van der Waals surface area contributed by atoms with E-state index in [0.29, 0.717) is 24.9 Å². The smallest absolute Gasteiger partial charge is 0.410 e. The number of hydrogen-bond acceptors (Lipinski definition) is 3. The summed E-state index contributed by atoms with van der Waals surface area (Å²) in [7, 11) is 0. The van der Waals surface area contributed by atoms with Gasteiger partial charge in [0.25, 0.3) is 0 Å². The third-order valence-electron chi connectivity index (χ3n) is 4.08. The van der Waals surface area contributed by atoms with Gasteiger partial charge in [-0.2, -0.15) is 0 Å². The van der Waals surface area contributed by atoms with Gasteiger partial charge < -0.3 is 14.7 Å². The van der Waals surface area contributed by atoms with Crippen LogP contribution in [0, 0.1) is 17.3 Å². The number of carbonyl (C=O) groups is 1. The Labute approximate surface area is 117 Å². The van der Waals surface area contributed by atoms with Crippen LogP contribution in [0.25, 0.3) is 0 Å². The SMILES string of the molecule is CC(C)C1CN(C(=O)OC(C)(C)C)CCC1(C)CO. The fraction of sp³-hybridized carbons (Fsp3) is 0.933. The van der Waals surface area contributed by atoms with Gasteiger partial charge >= 0.3 is 6.09 Å². The van der Waals surface area contributed by atoms with E-state index < -0.39 is 5.60 Å². The van der Waals surface area contributed by atoms with Gasteiger partial charge in [0.05, 0.1) is 0 Å². The maximum Gasteiger partial charge on any atom is 0.410 e. The second kappa shape index (κ2) is 5.70. The van der Waals surface area contributed by atoms with Gasteiger partial charge in [-0.3, -0.25) is 0 Å². The lowest BCUT2D eigenvalue weighted by Gasteiger charge is -2.46. The van der Waals surface area contributed by atoms with Crippen molar-refractivity contribution >= 4 is 6.09 Å². The molecule has 0 radical (unpaired) electrons. The van der Waals surface area contributed by atoms with Crippen molar-refractivity contribution in [2.75, 3.05) is 19.7 Å². The number of aliphatic hydroxyl groups is 1. The average molecular weight is 271 g/mol. The van der Waals surface area contributed by atoms with Crippen LogP contribution in [0.2, 0.25) is 0 Å². The Morgan fingerprint density at radius 3 is 2.47 bits per heavy atom. The second-order valence-corrected chi connectivity index (χ2v) is 7.34. The van der Waals surface area contributed by atoms with E-state index in [4.69, 9.17) is 4.74 Å². The monoisotopic (exact) mass is 271 g/mol. The van der Waals surface area contributed by atoms with Crippen molar-refractivity contribution in [3.63, 3.8) is 0 Å². The number of ether oxygens (including phenoxy) is 1. The zero-order chi connectivity index (χ0) is 14.8. The number of aliphatic hydroxyl groups excluding tert-OH is 1. The van der Waals surface area contributed by atoms with Gasteiger partial charge in [-0.15, -0.1) is 0 Å². The molecule has 1 N–H and O–H groups in total. The molecule has 1 rings (SSSR count). The molecule has 112 valence electrons. The molecule has 1 fully saturated rings. The van der Waals surface area contributed by atoms with Gasteiger partial charge in [0.2, 0.25) is 0 Å². The van der Waals surface area contributed by atoms with Crippen molar-refractivity contribution < 1.29 is 14.6 Å². The first-order valence-corrected chi connectivity index (χ1v) is 7.18. The quantitative estimate of drug-likeness (QED) is 0.840. The van der Waals surface area contributed by atoms with Crippen molar-refractivity contribution in [3.8, 4) is 0 Å². The van der Waals surface area contributed by atoms with E-state index in [1.807, 2.05) is 20.8 Å². The van der Waals surface area contributed by atoms with Crippen molar-refractivity contribution in [2.45, 2.75) is 53.6 Å². The van der Waals surface area contributed by atoms with Crippen LogP contribution in [0.15, 0.2) is 0 Å². The molecule has 19 heavy (non-hydrogen) atoms. The minimum Gasteiger partial charge on any atom is -0.444 e. The van der Waals surface area contributed by atoms with Crippen LogP contribution in [-0.2, 0) is 4.74 Å². The molecule has 1 saturated heterocycles. The van der Waals surface area contributed by atoms with Gasteiger partial charge in [0, 0.05) is 19.7 Å². The van der Waals surface area contributed by atoms with E-state index in [2.05, 4.69) is 20.8 Å². The Bertz CT molecular complexity index is 322. The predicted molar refractivity (Wildman–Crippen MR) is 75.9 cm³/mol. The first-order chi connectivity index (χ1) is 8.59. The first kappa shape index (κ1) is 16.3. The van der Waals surface area contributed by atoms with Crippen LogP contribution in [0.1, 0.15) is 48.0 Å². The fourth-order valence-corrected chi connectivity index (χ4v) is 2.83. The minimum absolute atomic E-state index is 0.0906. The fourth-order valence-electron chi connectivity index (χ4n) is 2.83. The van der Waals surface area contributed by atoms with Crippen LogP contribution in [0.5, 0.6) is 0 Å². The molecule has 1 amide bonds. The summed E-state index contributed by atoms with van der Waals surface area (Å²) < 4.78 is 5.43. The van der Waals surface area contributed by atoms with E-state index in [-0.39, 0.29) is 18.1 Å². The number of carbonyl (C=O) groups excluding carboxylic acids is 1. The lowest BCUT2D eigenvalue weighted by Crippen LogP contribution is -2.52. The molecular weight excluding hydrogens is 242 g/mol. The van der Waals surface area contributed by atoms with Crippen molar-refractivity contribution in [3.05, 3.63) is 0 Å². The van der Waals surface area contributed by atoms with Crippen LogP contribution in [-0.4, -0.2) is 41.4 Å². The highest BCUT2D eigenvalue weighted by Crippen LogP contribution is 2.40. The first-order valence-electron chi connectivity index (χ1n) is 7.18. The average Bonchev–Trinajstić information content (AvgIpc) is 2.26. The Balaban J connectivity index is 2.75. The lowest BCUT2D eigenvalue weighted by molar-refractivity contribution is -0.0349. The normalized spacial score (nSPS) is 28.6. The maximum atomic E-state index is 12.1. The number of amides is 1.